The maximum absolute atomic E-state index is 12.3. The molecular weight excluding hydrogens is 312 g/mol. The topological polar surface area (TPSA) is 54.3 Å². The van der Waals surface area contributed by atoms with E-state index in [4.69, 9.17) is 0 Å². The number of aliphatic hydroxyl groups excluding tert-OH is 1. The Hall–Kier alpha value is -2.59. The normalized spacial score (nSPS) is 12.3. The quantitative estimate of drug-likeness (QED) is 0.725. The van der Waals surface area contributed by atoms with Gasteiger partial charge in [0.05, 0.1) is 12.5 Å². The molecule has 2 N–H and O–H groups in total. The summed E-state index contributed by atoms with van der Waals surface area (Å²) < 4.78 is 2.15. The standard InChI is InChI=1S/C21H24N2O2/c1-3-23-14-16(18-10-6-7-11-19(18)23)12-21(25)22-13-20(24)17-9-5-4-8-15(17)2/h4-11,14,20,24H,3,12-13H2,1-2H3,(H,22,25). The summed E-state index contributed by atoms with van der Waals surface area (Å²) in [7, 11) is 0. The van der Waals surface area contributed by atoms with E-state index in [1.54, 1.807) is 0 Å². The number of carbonyl (C=O) groups is 1. The SMILES string of the molecule is CCn1cc(CC(=O)NCC(O)c2ccccc2C)c2ccccc21. The molecule has 0 aliphatic carbocycles. The number of fused-ring (bicyclic) bond motifs is 1. The molecule has 25 heavy (non-hydrogen) atoms. The monoisotopic (exact) mass is 336 g/mol. The third-order valence-electron chi connectivity index (χ3n) is 4.60. The highest BCUT2D eigenvalue weighted by Crippen LogP contribution is 2.22. The van der Waals surface area contributed by atoms with Crippen LogP contribution in [0.4, 0.5) is 0 Å². The van der Waals surface area contributed by atoms with Crippen molar-refractivity contribution in [2.24, 2.45) is 0 Å². The summed E-state index contributed by atoms with van der Waals surface area (Å²) in [4.78, 5) is 12.3. The Bertz CT molecular complexity index is 882. The van der Waals surface area contributed by atoms with Crippen LogP contribution in [0.2, 0.25) is 0 Å². The largest absolute Gasteiger partial charge is 0.387 e. The summed E-state index contributed by atoms with van der Waals surface area (Å²) in [6.45, 7) is 5.14. The third-order valence-corrected chi connectivity index (χ3v) is 4.60. The fraction of sp³-hybridized carbons (Fsp3) is 0.286. The number of amides is 1. The molecule has 4 heteroatoms. The van der Waals surface area contributed by atoms with E-state index >= 15 is 0 Å². The predicted molar refractivity (Wildman–Crippen MR) is 100 cm³/mol. The Labute approximate surface area is 148 Å². The first-order chi connectivity index (χ1) is 12.1. The van der Waals surface area contributed by atoms with Crippen LogP contribution in [0.25, 0.3) is 10.9 Å². The zero-order chi connectivity index (χ0) is 17.8. The highest BCUT2D eigenvalue weighted by atomic mass is 16.3. The van der Waals surface area contributed by atoms with Crippen molar-refractivity contribution in [2.75, 3.05) is 6.54 Å². The van der Waals surface area contributed by atoms with Crippen molar-refractivity contribution in [3.05, 3.63) is 71.4 Å². The summed E-state index contributed by atoms with van der Waals surface area (Å²) in [5, 5.41) is 14.3. The van der Waals surface area contributed by atoms with Crippen LogP contribution in [0, 0.1) is 6.92 Å². The molecule has 1 heterocycles. The Morgan fingerprint density at radius 2 is 1.88 bits per heavy atom. The lowest BCUT2D eigenvalue weighted by Crippen LogP contribution is -2.29. The van der Waals surface area contributed by atoms with E-state index in [-0.39, 0.29) is 12.5 Å². The van der Waals surface area contributed by atoms with Gasteiger partial charge >= 0.3 is 0 Å². The van der Waals surface area contributed by atoms with E-state index in [1.807, 2.05) is 55.6 Å². The molecular formula is C21H24N2O2. The minimum Gasteiger partial charge on any atom is -0.387 e. The van der Waals surface area contributed by atoms with E-state index in [2.05, 4.69) is 22.9 Å². The van der Waals surface area contributed by atoms with E-state index in [1.165, 1.54) is 0 Å². The Morgan fingerprint density at radius 3 is 2.64 bits per heavy atom. The molecule has 1 amide bonds. The number of aliphatic hydroxyl groups is 1. The van der Waals surface area contributed by atoms with Gasteiger partial charge in [-0.15, -0.1) is 0 Å². The average molecular weight is 336 g/mol. The van der Waals surface area contributed by atoms with Crippen molar-refractivity contribution in [3.8, 4) is 0 Å². The van der Waals surface area contributed by atoms with Crippen LogP contribution in [0.1, 0.15) is 29.7 Å². The zero-order valence-electron chi connectivity index (χ0n) is 14.7. The smallest absolute Gasteiger partial charge is 0.224 e. The van der Waals surface area contributed by atoms with Gasteiger partial charge in [0.25, 0.3) is 0 Å². The lowest BCUT2D eigenvalue weighted by atomic mass is 10.0. The predicted octanol–water partition coefficient (Wildman–Crippen LogP) is 3.36. The van der Waals surface area contributed by atoms with Crippen molar-refractivity contribution in [2.45, 2.75) is 32.9 Å². The molecule has 1 atom stereocenters. The number of para-hydroxylation sites is 1. The van der Waals surface area contributed by atoms with Crippen molar-refractivity contribution >= 4 is 16.8 Å². The number of aromatic nitrogens is 1. The first kappa shape index (κ1) is 17.2. The van der Waals surface area contributed by atoms with Crippen LogP contribution in [0.15, 0.2) is 54.7 Å². The highest BCUT2D eigenvalue weighted by molar-refractivity contribution is 5.89. The molecule has 4 nitrogen and oxygen atoms in total. The zero-order valence-corrected chi connectivity index (χ0v) is 14.7. The van der Waals surface area contributed by atoms with Crippen molar-refractivity contribution in [3.63, 3.8) is 0 Å². The van der Waals surface area contributed by atoms with Gasteiger partial charge in [-0.2, -0.15) is 0 Å². The van der Waals surface area contributed by atoms with Gasteiger partial charge in [0.15, 0.2) is 0 Å². The second-order valence-electron chi connectivity index (χ2n) is 6.31. The second-order valence-corrected chi connectivity index (χ2v) is 6.31. The van der Waals surface area contributed by atoms with Crippen LogP contribution in [0.3, 0.4) is 0 Å². The summed E-state index contributed by atoms with van der Waals surface area (Å²) in [5.41, 5.74) is 4.04. The number of rotatable bonds is 6. The molecule has 1 unspecified atom stereocenters. The van der Waals surface area contributed by atoms with Gasteiger partial charge in [0, 0.05) is 30.2 Å². The molecule has 0 spiro atoms. The van der Waals surface area contributed by atoms with Crippen LogP contribution >= 0.6 is 0 Å². The molecule has 0 fully saturated rings. The Morgan fingerprint density at radius 1 is 1.16 bits per heavy atom. The first-order valence-electron chi connectivity index (χ1n) is 8.67. The van der Waals surface area contributed by atoms with Gasteiger partial charge in [-0.1, -0.05) is 42.5 Å². The lowest BCUT2D eigenvalue weighted by molar-refractivity contribution is -0.120. The van der Waals surface area contributed by atoms with Crippen molar-refractivity contribution in [1.29, 1.82) is 0 Å². The van der Waals surface area contributed by atoms with E-state index < -0.39 is 6.10 Å². The third kappa shape index (κ3) is 3.74. The average Bonchev–Trinajstić information content (AvgIpc) is 2.98. The van der Waals surface area contributed by atoms with Gasteiger partial charge in [-0.05, 0) is 36.6 Å². The molecule has 0 saturated heterocycles. The molecule has 3 aromatic rings. The molecule has 0 aliphatic rings. The summed E-state index contributed by atoms with van der Waals surface area (Å²) in [5.74, 6) is -0.0772. The maximum Gasteiger partial charge on any atom is 0.224 e. The number of hydrogen-bond acceptors (Lipinski definition) is 2. The minimum atomic E-state index is -0.692. The van der Waals surface area contributed by atoms with Gasteiger partial charge in [0.1, 0.15) is 0 Å². The molecule has 0 bridgehead atoms. The van der Waals surface area contributed by atoms with E-state index in [9.17, 15) is 9.90 Å². The molecule has 0 aliphatic heterocycles. The molecule has 2 aromatic carbocycles. The van der Waals surface area contributed by atoms with Crippen LogP contribution in [0.5, 0.6) is 0 Å². The van der Waals surface area contributed by atoms with Gasteiger partial charge in [0.2, 0.25) is 5.91 Å². The fourth-order valence-corrected chi connectivity index (χ4v) is 3.24. The molecule has 0 saturated carbocycles. The first-order valence-corrected chi connectivity index (χ1v) is 8.67. The number of benzene rings is 2. The summed E-state index contributed by atoms with van der Waals surface area (Å²) >= 11 is 0. The number of hydrogen-bond donors (Lipinski definition) is 2. The molecule has 1 aromatic heterocycles. The fourth-order valence-electron chi connectivity index (χ4n) is 3.24. The number of nitrogens with one attached hydrogen (secondary N) is 1. The van der Waals surface area contributed by atoms with Crippen LogP contribution in [-0.2, 0) is 17.8 Å². The van der Waals surface area contributed by atoms with E-state index in [0.29, 0.717) is 6.42 Å². The Balaban J connectivity index is 1.66. The summed E-state index contributed by atoms with van der Waals surface area (Å²) in [6, 6.07) is 15.8. The summed E-state index contributed by atoms with van der Waals surface area (Å²) in [6.07, 6.45) is 1.66. The van der Waals surface area contributed by atoms with Gasteiger partial charge in [-0.25, -0.2) is 0 Å². The molecule has 0 radical (unpaired) electrons. The number of aryl methyl sites for hydroxylation is 2. The second kappa shape index (κ2) is 7.53. The van der Waals surface area contributed by atoms with Crippen LogP contribution in [-0.4, -0.2) is 22.1 Å². The highest BCUT2D eigenvalue weighted by Gasteiger charge is 2.14. The van der Waals surface area contributed by atoms with Gasteiger partial charge in [-0.3, -0.25) is 4.79 Å². The van der Waals surface area contributed by atoms with Crippen LogP contribution < -0.4 is 5.32 Å². The number of nitrogens with zero attached hydrogens (tertiary/aromatic N) is 1. The molecule has 130 valence electrons. The number of carbonyl (C=O) groups excluding carboxylic acids is 1. The van der Waals surface area contributed by atoms with E-state index in [0.717, 1.165) is 34.1 Å². The lowest BCUT2D eigenvalue weighted by Gasteiger charge is -2.14. The Kier molecular flexibility index (Phi) is 5.19. The minimum absolute atomic E-state index is 0.0772. The maximum atomic E-state index is 12.3. The molecule has 3 rings (SSSR count). The van der Waals surface area contributed by atoms with Crippen molar-refractivity contribution < 1.29 is 9.90 Å². The van der Waals surface area contributed by atoms with Crippen molar-refractivity contribution in [1.82, 2.24) is 9.88 Å². The van der Waals surface area contributed by atoms with Gasteiger partial charge < -0.3 is 15.0 Å².